The highest BCUT2D eigenvalue weighted by Gasteiger charge is 2.48. The van der Waals surface area contributed by atoms with Crippen molar-refractivity contribution in [2.75, 3.05) is 9.80 Å². The smallest absolute Gasteiger partial charge is 0.137 e. The van der Waals surface area contributed by atoms with Crippen LogP contribution in [0, 0.1) is 11.6 Å². The van der Waals surface area contributed by atoms with Gasteiger partial charge in [-0.1, -0.05) is 182 Å². The molecule has 0 saturated heterocycles. The van der Waals surface area contributed by atoms with Crippen LogP contribution in [0.5, 0.6) is 23.0 Å². The molecule has 2 atom stereocenters. The van der Waals surface area contributed by atoms with E-state index in [0.29, 0.717) is 0 Å². The molecule has 16 aromatic carbocycles. The summed E-state index contributed by atoms with van der Waals surface area (Å²) >= 11 is 0. The van der Waals surface area contributed by atoms with Crippen molar-refractivity contribution < 1.29 is 27.1 Å². The van der Waals surface area contributed by atoms with Crippen LogP contribution in [0.1, 0.15) is 66.8 Å². The van der Waals surface area contributed by atoms with Crippen molar-refractivity contribution in [2.45, 2.75) is 36.5 Å². The molecule has 0 spiro atoms. The van der Waals surface area contributed by atoms with Crippen LogP contribution in [0.15, 0.2) is 361 Å². The molecule has 4 aliphatic carbocycles. The standard InChI is InChI=1S/C102H66F2N2O4/c103-73-35-27-69(28-36-73)101(71-31-49-81(50-32-71)107-83-47-25-65-17-19-67(65)57-83)93-13-5-1-9-85(93)87-53-43-77(59-95(87)101)105(79-45-55-91-89-11-3-7-15-97(89)109-99(91)61-79)75-39-21-63(22-40-75)64-23-41-76(42-24-64)106(80-46-56-92-90-12-4-8-16-98(90)110-100(92)62-80)78-44-54-88-86-10-2-6-14-94(86)102(96(88)60-78,70-29-37-74(104)38-30-70)72-33-51-82(52-34-72)108-84-48-26-66-18-20-68(66)58-84/h1-16,21-62H,17-20H2. The molecular formula is C102H66F2N2O4. The van der Waals surface area contributed by atoms with Gasteiger partial charge in [0.2, 0.25) is 0 Å². The van der Waals surface area contributed by atoms with Gasteiger partial charge in [-0.25, -0.2) is 8.78 Å². The van der Waals surface area contributed by atoms with Crippen LogP contribution in [0.25, 0.3) is 77.3 Å². The van der Waals surface area contributed by atoms with E-state index in [2.05, 4.69) is 289 Å². The van der Waals surface area contributed by atoms with Gasteiger partial charge in [0.15, 0.2) is 0 Å². The maximum absolute atomic E-state index is 15.3. The number of ether oxygens (including phenoxy) is 2. The number of benzene rings is 16. The highest BCUT2D eigenvalue weighted by Crippen LogP contribution is 2.60. The molecule has 8 heteroatoms. The average Bonchev–Trinajstić information content (AvgIpc) is 1.53. The van der Waals surface area contributed by atoms with Crippen LogP contribution in [0.2, 0.25) is 0 Å². The number of hydrogen-bond acceptors (Lipinski definition) is 6. The van der Waals surface area contributed by atoms with Crippen molar-refractivity contribution in [1.82, 2.24) is 0 Å². The van der Waals surface area contributed by atoms with Gasteiger partial charge in [0.25, 0.3) is 0 Å². The fourth-order valence-corrected chi connectivity index (χ4v) is 18.3. The van der Waals surface area contributed by atoms with Gasteiger partial charge >= 0.3 is 0 Å². The number of aryl methyl sites for hydroxylation is 4. The van der Waals surface area contributed by atoms with E-state index in [1.807, 2.05) is 48.5 Å². The predicted molar refractivity (Wildman–Crippen MR) is 438 cm³/mol. The lowest BCUT2D eigenvalue weighted by atomic mass is 9.67. The maximum Gasteiger partial charge on any atom is 0.137 e. The van der Waals surface area contributed by atoms with Crippen LogP contribution >= 0.6 is 0 Å². The number of nitrogens with zero attached hydrogens (tertiary/aromatic N) is 2. The van der Waals surface area contributed by atoms with E-state index in [0.717, 1.165) is 205 Å². The van der Waals surface area contributed by atoms with E-state index in [1.165, 1.54) is 22.3 Å². The summed E-state index contributed by atoms with van der Waals surface area (Å²) in [7, 11) is 0. The predicted octanol–water partition coefficient (Wildman–Crippen LogP) is 26.9. The molecule has 2 aromatic heterocycles. The second-order valence-corrected chi connectivity index (χ2v) is 29.5. The summed E-state index contributed by atoms with van der Waals surface area (Å²) in [6, 6.07) is 122. The summed E-state index contributed by atoms with van der Waals surface area (Å²) in [6.07, 6.45) is 4.34. The molecule has 0 aliphatic heterocycles. The summed E-state index contributed by atoms with van der Waals surface area (Å²) in [4.78, 5) is 4.64. The largest absolute Gasteiger partial charge is 0.457 e. The Morgan fingerprint density at radius 2 is 0.573 bits per heavy atom. The number of anilines is 6. The molecule has 0 bridgehead atoms. The van der Waals surface area contributed by atoms with Gasteiger partial charge in [-0.05, 0) is 284 Å². The van der Waals surface area contributed by atoms with Crippen LogP contribution < -0.4 is 19.3 Å². The summed E-state index contributed by atoms with van der Waals surface area (Å²) < 4.78 is 57.1. The Bertz CT molecular complexity index is 6330. The highest BCUT2D eigenvalue weighted by molar-refractivity contribution is 6.08. The third kappa shape index (κ3) is 9.98. The van der Waals surface area contributed by atoms with Crippen LogP contribution in [0.3, 0.4) is 0 Å². The lowest BCUT2D eigenvalue weighted by Gasteiger charge is -2.35. The van der Waals surface area contributed by atoms with E-state index >= 15 is 8.78 Å². The van der Waals surface area contributed by atoms with Gasteiger partial charge in [-0.2, -0.15) is 0 Å². The molecular weight excluding hydrogens is 1360 g/mol. The molecule has 4 aliphatic rings. The Morgan fingerprint density at radius 1 is 0.245 bits per heavy atom. The van der Waals surface area contributed by atoms with Crippen LogP contribution in [-0.2, 0) is 36.5 Å². The molecule has 2 heterocycles. The lowest BCUT2D eigenvalue weighted by Crippen LogP contribution is -2.29. The Morgan fingerprint density at radius 3 is 0.973 bits per heavy atom. The Hall–Kier alpha value is -13.8. The van der Waals surface area contributed by atoms with Gasteiger partial charge in [0.05, 0.1) is 10.8 Å². The molecule has 0 N–H and O–H groups in total. The number of rotatable bonds is 15. The molecule has 18 aromatic rings. The van der Waals surface area contributed by atoms with Crippen LogP contribution in [-0.4, -0.2) is 0 Å². The average molecular weight is 1420 g/mol. The zero-order valence-corrected chi connectivity index (χ0v) is 59.6. The molecule has 2 unspecified atom stereocenters. The van der Waals surface area contributed by atoms with Crippen molar-refractivity contribution in [2.24, 2.45) is 0 Å². The highest BCUT2D eigenvalue weighted by atomic mass is 19.1. The summed E-state index contributed by atoms with van der Waals surface area (Å²) in [5, 5.41) is 4.18. The van der Waals surface area contributed by atoms with Gasteiger partial charge in [-0.15, -0.1) is 0 Å². The minimum absolute atomic E-state index is 0.299. The first kappa shape index (κ1) is 63.5. The number of furan rings is 2. The molecule has 0 amide bonds. The fraction of sp³-hybridized carbons (Fsp3) is 0.0588. The number of hydrogen-bond donors (Lipinski definition) is 0. The minimum atomic E-state index is -0.864. The summed E-state index contributed by atoms with van der Waals surface area (Å²) in [6.45, 7) is 0. The van der Waals surface area contributed by atoms with E-state index in [-0.39, 0.29) is 11.6 Å². The topological polar surface area (TPSA) is 51.2 Å². The summed E-state index contributed by atoms with van der Waals surface area (Å²) in [5.41, 5.74) is 27.3. The summed E-state index contributed by atoms with van der Waals surface area (Å²) in [5.74, 6) is 2.52. The van der Waals surface area contributed by atoms with Crippen molar-refractivity contribution in [3.63, 3.8) is 0 Å². The molecule has 22 rings (SSSR count). The number of fused-ring (bicyclic) bond motifs is 14. The monoisotopic (exact) mass is 1420 g/mol. The fourth-order valence-electron chi connectivity index (χ4n) is 18.3. The molecule has 6 nitrogen and oxygen atoms in total. The third-order valence-electron chi connectivity index (χ3n) is 23.7. The van der Waals surface area contributed by atoms with Crippen molar-refractivity contribution in [1.29, 1.82) is 0 Å². The number of halogens is 2. The van der Waals surface area contributed by atoms with Gasteiger partial charge < -0.3 is 28.1 Å². The molecule has 0 fully saturated rings. The van der Waals surface area contributed by atoms with Crippen molar-refractivity contribution in [3.05, 3.63) is 430 Å². The van der Waals surface area contributed by atoms with Crippen LogP contribution in [0.4, 0.5) is 42.9 Å². The van der Waals surface area contributed by atoms with E-state index < -0.39 is 10.8 Å². The lowest BCUT2D eigenvalue weighted by molar-refractivity contribution is 0.480. The molecule has 0 saturated carbocycles. The normalized spacial score (nSPS) is 15.5. The van der Waals surface area contributed by atoms with Crippen molar-refractivity contribution >= 4 is 78.0 Å². The molecule has 522 valence electrons. The first-order valence-electron chi connectivity index (χ1n) is 37.7. The quantitative estimate of drug-likeness (QED) is 0.102. The van der Waals surface area contributed by atoms with E-state index in [9.17, 15) is 0 Å². The van der Waals surface area contributed by atoms with E-state index in [1.54, 1.807) is 24.3 Å². The minimum Gasteiger partial charge on any atom is -0.457 e. The Labute approximate surface area is 634 Å². The Kier molecular flexibility index (Phi) is 14.4. The second kappa shape index (κ2) is 24.9. The molecule has 110 heavy (non-hydrogen) atoms. The van der Waals surface area contributed by atoms with Gasteiger partial charge in [0, 0.05) is 67.8 Å². The SMILES string of the molecule is Fc1ccc(C2(c3ccc(Oc4ccc5c(c4)CC5)cc3)c3ccccc3-c3ccc(N(c4ccc(-c5ccc(N(c6ccc7c(c6)C(c6ccc(F)cc6)(c6ccc(Oc8ccc9c(c8)CC9)cc6)c6ccccc6-7)c6ccc7c(c6)oc6ccccc67)cc5)cc4)c4ccc5c(c4)oc4ccccc45)cc32)cc1. The maximum atomic E-state index is 15.3. The number of para-hydroxylation sites is 2. The van der Waals surface area contributed by atoms with E-state index in [4.69, 9.17) is 18.3 Å². The third-order valence-corrected chi connectivity index (χ3v) is 23.7. The first-order chi connectivity index (χ1) is 54.2. The van der Waals surface area contributed by atoms with Crippen molar-refractivity contribution in [3.8, 4) is 56.4 Å². The molecule has 0 radical (unpaired) electrons. The van der Waals surface area contributed by atoms with Gasteiger partial charge in [0.1, 0.15) is 57.0 Å². The zero-order valence-electron chi connectivity index (χ0n) is 59.6. The zero-order chi connectivity index (χ0) is 72.8. The first-order valence-corrected chi connectivity index (χ1v) is 37.7. The Balaban J connectivity index is 0.660. The van der Waals surface area contributed by atoms with Gasteiger partial charge in [-0.3, -0.25) is 0 Å². The second-order valence-electron chi connectivity index (χ2n) is 29.5.